The molecule has 1 spiro atoms. The van der Waals surface area contributed by atoms with E-state index in [1.807, 2.05) is 20.8 Å². The molecule has 2 aliphatic heterocycles. The van der Waals surface area contributed by atoms with E-state index in [0.717, 1.165) is 44.1 Å². The first kappa shape index (κ1) is 18.4. The standard InChI is InChI=1S/C20H30O6/c1-17(2,25-23)12-11-20-9-6-14-18(3,15(20)10-13(12)24-26-20)7-5-8-19(14,4)16(21)22/h11,13-15,23H,5-10H2,1-4H3,(H,21,22)/t13-,14?,15?,18-,19+,20-/m0/s1. The van der Waals surface area contributed by atoms with E-state index in [1.165, 1.54) is 0 Å². The van der Waals surface area contributed by atoms with Gasteiger partial charge in [-0.05, 0) is 75.9 Å². The van der Waals surface area contributed by atoms with Gasteiger partial charge in [0.1, 0.15) is 17.3 Å². The molecule has 2 heterocycles. The first-order valence-corrected chi connectivity index (χ1v) is 9.73. The summed E-state index contributed by atoms with van der Waals surface area (Å²) in [6.45, 7) is 7.83. The highest BCUT2D eigenvalue weighted by Gasteiger charge is 2.67. The van der Waals surface area contributed by atoms with Gasteiger partial charge >= 0.3 is 5.97 Å². The fraction of sp³-hybridized carbons (Fsp3) is 0.850. The summed E-state index contributed by atoms with van der Waals surface area (Å²) < 4.78 is 0. The van der Waals surface area contributed by atoms with E-state index in [-0.39, 0.29) is 23.4 Å². The zero-order chi connectivity index (χ0) is 19.0. The van der Waals surface area contributed by atoms with E-state index >= 15 is 0 Å². The normalized spacial score (nSPS) is 47.7. The van der Waals surface area contributed by atoms with Crippen LogP contribution in [0.1, 0.15) is 66.2 Å². The molecule has 6 atom stereocenters. The Kier molecular flexibility index (Phi) is 3.92. The van der Waals surface area contributed by atoms with Gasteiger partial charge in [0.05, 0.1) is 5.41 Å². The molecule has 0 aromatic rings. The van der Waals surface area contributed by atoms with Crippen LogP contribution in [0, 0.1) is 22.7 Å². The topological polar surface area (TPSA) is 85.2 Å². The van der Waals surface area contributed by atoms with Crippen LogP contribution in [0.2, 0.25) is 0 Å². The van der Waals surface area contributed by atoms with Crippen molar-refractivity contribution in [1.82, 2.24) is 0 Å². The van der Waals surface area contributed by atoms with E-state index in [1.54, 1.807) is 0 Å². The summed E-state index contributed by atoms with van der Waals surface area (Å²) in [5, 5.41) is 19.3. The van der Waals surface area contributed by atoms with Crippen LogP contribution in [0.4, 0.5) is 0 Å². The monoisotopic (exact) mass is 366 g/mol. The van der Waals surface area contributed by atoms with E-state index in [4.69, 9.17) is 14.7 Å². The number of carboxylic acids is 1. The molecule has 6 heteroatoms. The molecule has 5 rings (SSSR count). The lowest BCUT2D eigenvalue weighted by atomic mass is 9.43. The van der Waals surface area contributed by atoms with Crippen molar-refractivity contribution < 1.29 is 29.8 Å². The summed E-state index contributed by atoms with van der Waals surface area (Å²) in [5.41, 5.74) is -1.24. The highest BCUT2D eigenvalue weighted by atomic mass is 17.2. The van der Waals surface area contributed by atoms with Crippen LogP contribution in [0.3, 0.4) is 0 Å². The lowest BCUT2D eigenvalue weighted by Crippen LogP contribution is -2.65. The predicted molar refractivity (Wildman–Crippen MR) is 93.1 cm³/mol. The van der Waals surface area contributed by atoms with Gasteiger partial charge in [-0.15, -0.1) is 0 Å². The van der Waals surface area contributed by atoms with Crippen molar-refractivity contribution in [2.75, 3.05) is 0 Å². The molecular weight excluding hydrogens is 336 g/mol. The Labute approximate surface area is 154 Å². The molecule has 2 bridgehead atoms. The van der Waals surface area contributed by atoms with Gasteiger partial charge in [-0.1, -0.05) is 13.3 Å². The highest BCUT2D eigenvalue weighted by molar-refractivity contribution is 5.75. The molecule has 6 nitrogen and oxygen atoms in total. The van der Waals surface area contributed by atoms with Crippen LogP contribution < -0.4 is 0 Å². The zero-order valence-electron chi connectivity index (χ0n) is 16.1. The molecule has 146 valence electrons. The Morgan fingerprint density at radius 2 is 2.00 bits per heavy atom. The summed E-state index contributed by atoms with van der Waals surface area (Å²) in [4.78, 5) is 28.4. The number of rotatable bonds is 3. The Bertz CT molecular complexity index is 657. The van der Waals surface area contributed by atoms with Gasteiger partial charge in [-0.2, -0.15) is 0 Å². The van der Waals surface area contributed by atoms with Crippen LogP contribution in [-0.4, -0.2) is 33.6 Å². The summed E-state index contributed by atoms with van der Waals surface area (Å²) >= 11 is 0. The van der Waals surface area contributed by atoms with Gasteiger partial charge in [-0.25, -0.2) is 14.7 Å². The zero-order valence-corrected chi connectivity index (χ0v) is 16.1. The summed E-state index contributed by atoms with van der Waals surface area (Å²) in [6, 6.07) is 0. The fourth-order valence-corrected chi connectivity index (χ4v) is 6.65. The van der Waals surface area contributed by atoms with Gasteiger partial charge in [0, 0.05) is 5.92 Å². The van der Waals surface area contributed by atoms with E-state index < -0.39 is 22.6 Å². The van der Waals surface area contributed by atoms with Gasteiger partial charge in [0.25, 0.3) is 0 Å². The van der Waals surface area contributed by atoms with Crippen molar-refractivity contribution >= 4 is 5.97 Å². The Morgan fingerprint density at radius 3 is 2.65 bits per heavy atom. The van der Waals surface area contributed by atoms with E-state index in [2.05, 4.69) is 13.0 Å². The van der Waals surface area contributed by atoms with Gasteiger partial charge in [0.15, 0.2) is 0 Å². The molecule has 26 heavy (non-hydrogen) atoms. The van der Waals surface area contributed by atoms with Crippen molar-refractivity contribution in [1.29, 1.82) is 0 Å². The number of carbonyl (C=O) groups is 1. The van der Waals surface area contributed by atoms with Crippen LogP contribution in [0.25, 0.3) is 0 Å². The molecule has 2 N–H and O–H groups in total. The number of carboxylic acid groups (broad SMARTS) is 1. The van der Waals surface area contributed by atoms with Crippen molar-refractivity contribution in [3.8, 4) is 0 Å². The van der Waals surface area contributed by atoms with Gasteiger partial charge in [0.2, 0.25) is 0 Å². The number of aliphatic carboxylic acids is 1. The third-order valence-corrected chi connectivity index (χ3v) is 8.11. The highest BCUT2D eigenvalue weighted by Crippen LogP contribution is 2.67. The fourth-order valence-electron chi connectivity index (χ4n) is 6.65. The Hall–Kier alpha value is -0.950. The van der Waals surface area contributed by atoms with Crippen molar-refractivity contribution in [2.24, 2.45) is 22.7 Å². The average Bonchev–Trinajstić information content (AvgIpc) is 2.61. The molecule has 0 aromatic heterocycles. The molecule has 0 aromatic carbocycles. The van der Waals surface area contributed by atoms with Crippen molar-refractivity contribution in [2.45, 2.75) is 83.5 Å². The van der Waals surface area contributed by atoms with Crippen molar-refractivity contribution in [3.63, 3.8) is 0 Å². The van der Waals surface area contributed by atoms with Crippen LogP contribution >= 0.6 is 0 Å². The lowest BCUT2D eigenvalue weighted by Gasteiger charge is -2.65. The Balaban J connectivity index is 1.76. The predicted octanol–water partition coefficient (Wildman–Crippen LogP) is 3.96. The second kappa shape index (κ2) is 5.53. The van der Waals surface area contributed by atoms with Crippen LogP contribution in [-0.2, 0) is 19.5 Å². The smallest absolute Gasteiger partial charge is 0.309 e. The van der Waals surface area contributed by atoms with Gasteiger partial charge in [-0.3, -0.25) is 10.1 Å². The molecule has 0 radical (unpaired) electrons. The SMILES string of the molecule is CC(C)(OO)C1=C[C@@]23CCC4[C@](C)(CCC[C@@]4(C)C(=O)O)C2C[C@@H]1OO3. The first-order chi connectivity index (χ1) is 12.1. The van der Waals surface area contributed by atoms with Crippen molar-refractivity contribution in [3.05, 3.63) is 11.6 Å². The second-order valence-corrected chi connectivity index (χ2v) is 9.79. The first-order valence-electron chi connectivity index (χ1n) is 9.73. The number of hydrogen-bond donors (Lipinski definition) is 2. The maximum atomic E-state index is 12.1. The maximum absolute atomic E-state index is 12.1. The quantitative estimate of drug-likeness (QED) is 0.447. The molecule has 3 aliphatic carbocycles. The minimum atomic E-state index is -0.827. The maximum Gasteiger partial charge on any atom is 0.309 e. The van der Waals surface area contributed by atoms with E-state index in [0.29, 0.717) is 0 Å². The molecule has 2 unspecified atom stereocenters. The molecule has 0 amide bonds. The summed E-state index contributed by atoms with van der Waals surface area (Å²) in [6.07, 6.45) is 6.85. The van der Waals surface area contributed by atoms with Crippen LogP contribution in [0.15, 0.2) is 11.6 Å². The molecule has 3 fully saturated rings. The minimum Gasteiger partial charge on any atom is -0.481 e. The summed E-state index contributed by atoms with van der Waals surface area (Å²) in [5.74, 6) is -0.322. The van der Waals surface area contributed by atoms with E-state index in [9.17, 15) is 15.2 Å². The molecule has 1 saturated heterocycles. The number of fused-ring (bicyclic) bond motifs is 2. The van der Waals surface area contributed by atoms with Crippen LogP contribution in [0.5, 0.6) is 0 Å². The average molecular weight is 366 g/mol. The Morgan fingerprint density at radius 1 is 1.27 bits per heavy atom. The molecular formula is C20H30O6. The lowest BCUT2D eigenvalue weighted by molar-refractivity contribution is -0.438. The van der Waals surface area contributed by atoms with Gasteiger partial charge < -0.3 is 5.11 Å². The minimum absolute atomic E-state index is 0.0993. The second-order valence-electron chi connectivity index (χ2n) is 9.79. The molecule has 5 aliphatic rings. The third-order valence-electron chi connectivity index (χ3n) is 8.11. The largest absolute Gasteiger partial charge is 0.481 e. The summed E-state index contributed by atoms with van der Waals surface area (Å²) in [7, 11) is 0. The third kappa shape index (κ3) is 2.22. The number of hydrogen-bond acceptors (Lipinski definition) is 5. The molecule has 2 saturated carbocycles.